The second-order valence-electron chi connectivity index (χ2n) is 3.95. The van der Waals surface area contributed by atoms with Crippen molar-refractivity contribution >= 4 is 21.7 Å². The third kappa shape index (κ3) is 4.70. The van der Waals surface area contributed by atoms with Crippen molar-refractivity contribution in [2.75, 3.05) is 11.3 Å². The average Bonchev–Trinajstić information content (AvgIpc) is 2.24. The van der Waals surface area contributed by atoms with Crippen molar-refractivity contribution in [3.05, 3.63) is 29.3 Å². The number of anilines is 1. The molecular formula is C10H13F3N4O2S. The first-order valence-corrected chi connectivity index (χ1v) is 6.78. The number of amidine groups is 1. The highest BCUT2D eigenvalue weighted by molar-refractivity contribution is 7.90. The van der Waals surface area contributed by atoms with Gasteiger partial charge in [-0.1, -0.05) is 12.1 Å². The van der Waals surface area contributed by atoms with Crippen molar-refractivity contribution in [2.45, 2.75) is 13.1 Å². The molecule has 0 amide bonds. The van der Waals surface area contributed by atoms with Gasteiger partial charge < -0.3 is 5.73 Å². The van der Waals surface area contributed by atoms with Gasteiger partial charge >= 0.3 is 6.18 Å². The first-order chi connectivity index (χ1) is 9.02. The molecule has 0 saturated heterocycles. The highest BCUT2D eigenvalue weighted by Crippen LogP contribution is 2.20. The second kappa shape index (κ2) is 5.67. The van der Waals surface area contributed by atoms with Gasteiger partial charge in [0.1, 0.15) is 12.4 Å². The van der Waals surface area contributed by atoms with Crippen LogP contribution in [0.15, 0.2) is 18.2 Å². The molecule has 0 saturated carbocycles. The molecule has 0 radical (unpaired) electrons. The Morgan fingerprint density at radius 3 is 2.50 bits per heavy atom. The molecule has 0 spiro atoms. The van der Waals surface area contributed by atoms with E-state index in [-0.39, 0.29) is 11.3 Å². The lowest BCUT2D eigenvalue weighted by atomic mass is 10.1. The maximum Gasteiger partial charge on any atom is 0.402 e. The lowest BCUT2D eigenvalue weighted by Gasteiger charge is -2.15. The maximum atomic E-state index is 12.0. The Kier molecular flexibility index (Phi) is 4.61. The number of nitrogens with one attached hydrogen (secondary N) is 3. The molecular weight excluding hydrogens is 297 g/mol. The number of alkyl halides is 3. The highest BCUT2D eigenvalue weighted by Gasteiger charge is 2.29. The Balaban J connectivity index is 2.99. The summed E-state index contributed by atoms with van der Waals surface area (Å²) >= 11 is 0. The number of hydrogen-bond donors (Lipinski definition) is 4. The summed E-state index contributed by atoms with van der Waals surface area (Å²) in [5.41, 5.74) is 5.90. The zero-order chi connectivity index (χ0) is 15.6. The van der Waals surface area contributed by atoms with E-state index in [2.05, 4.69) is 0 Å². The summed E-state index contributed by atoms with van der Waals surface area (Å²) in [6, 6.07) is 4.39. The van der Waals surface area contributed by atoms with Gasteiger partial charge in [-0.05, 0) is 18.6 Å². The fraction of sp³-hybridized carbons (Fsp3) is 0.300. The molecule has 0 aliphatic carbocycles. The van der Waals surface area contributed by atoms with Crippen LogP contribution in [0.25, 0.3) is 0 Å². The van der Waals surface area contributed by atoms with Crippen molar-refractivity contribution in [3.63, 3.8) is 0 Å². The van der Waals surface area contributed by atoms with Crippen molar-refractivity contribution < 1.29 is 21.6 Å². The summed E-state index contributed by atoms with van der Waals surface area (Å²) in [7, 11) is -4.41. The molecule has 1 aromatic rings. The van der Waals surface area contributed by atoms with E-state index in [0.29, 0.717) is 5.56 Å². The van der Waals surface area contributed by atoms with Crippen LogP contribution < -0.4 is 15.2 Å². The monoisotopic (exact) mass is 310 g/mol. The molecule has 6 nitrogen and oxygen atoms in total. The van der Waals surface area contributed by atoms with Crippen molar-refractivity contribution in [2.24, 2.45) is 5.73 Å². The number of hydrogen-bond acceptors (Lipinski definition) is 3. The van der Waals surface area contributed by atoms with Gasteiger partial charge in [-0.3, -0.25) is 10.1 Å². The van der Waals surface area contributed by atoms with Crippen LogP contribution in [0.1, 0.15) is 11.1 Å². The van der Waals surface area contributed by atoms with Gasteiger partial charge in [0, 0.05) is 5.56 Å². The zero-order valence-electron chi connectivity index (χ0n) is 10.4. The molecule has 0 aliphatic rings. The Morgan fingerprint density at radius 1 is 1.40 bits per heavy atom. The number of aryl methyl sites for hydroxylation is 1. The van der Waals surface area contributed by atoms with Crippen LogP contribution in [0.4, 0.5) is 18.9 Å². The normalized spacial score (nSPS) is 12.2. The topological polar surface area (TPSA) is 108 Å². The molecule has 1 aromatic carbocycles. The summed E-state index contributed by atoms with van der Waals surface area (Å²) in [5.74, 6) is -0.392. The largest absolute Gasteiger partial charge is 0.402 e. The number of nitrogens with two attached hydrogens (primary N) is 1. The molecule has 112 valence electrons. The Labute approximate surface area is 113 Å². The van der Waals surface area contributed by atoms with Gasteiger partial charge in [0.2, 0.25) is 0 Å². The van der Waals surface area contributed by atoms with Crippen LogP contribution >= 0.6 is 0 Å². The predicted octanol–water partition coefficient (Wildman–Crippen LogP) is 1.09. The standard InChI is InChI=1S/C10H13F3N4O2S/c1-6-3-2-4-7(8(6)9(14)15)17-20(18,19)16-5-10(11,12)13/h2-4,16-17H,5H2,1H3,(H3,14,15). The molecule has 20 heavy (non-hydrogen) atoms. The molecule has 0 bridgehead atoms. The Bertz CT molecular complexity index is 613. The molecule has 5 N–H and O–H groups in total. The van der Waals surface area contributed by atoms with E-state index < -0.39 is 28.8 Å². The maximum absolute atomic E-state index is 12.0. The van der Waals surface area contributed by atoms with E-state index in [1.807, 2.05) is 4.72 Å². The minimum Gasteiger partial charge on any atom is -0.384 e. The summed E-state index contributed by atoms with van der Waals surface area (Å²) in [4.78, 5) is 0. The lowest BCUT2D eigenvalue weighted by Crippen LogP contribution is -2.37. The van der Waals surface area contributed by atoms with Crippen molar-refractivity contribution in [1.82, 2.24) is 4.72 Å². The van der Waals surface area contributed by atoms with Crippen molar-refractivity contribution in [1.29, 1.82) is 5.41 Å². The van der Waals surface area contributed by atoms with Gasteiger partial charge in [0.25, 0.3) is 10.2 Å². The van der Waals surface area contributed by atoms with Crippen LogP contribution in [0.5, 0.6) is 0 Å². The summed E-state index contributed by atoms with van der Waals surface area (Å²) in [5, 5.41) is 7.37. The molecule has 1 rings (SSSR count). The summed E-state index contributed by atoms with van der Waals surface area (Å²) in [6.07, 6.45) is -4.66. The molecule has 0 aromatic heterocycles. The predicted molar refractivity (Wildman–Crippen MR) is 68.8 cm³/mol. The molecule has 0 heterocycles. The van der Waals surface area contributed by atoms with E-state index in [4.69, 9.17) is 11.1 Å². The SMILES string of the molecule is Cc1cccc(NS(=O)(=O)NCC(F)(F)F)c1C(=N)N. The molecule has 10 heteroatoms. The smallest absolute Gasteiger partial charge is 0.384 e. The van der Waals surface area contributed by atoms with Gasteiger partial charge in [0.15, 0.2) is 0 Å². The summed E-state index contributed by atoms with van der Waals surface area (Å²) < 4.78 is 62.2. The molecule has 0 fully saturated rings. The fourth-order valence-corrected chi connectivity index (χ4v) is 2.35. The highest BCUT2D eigenvalue weighted by atomic mass is 32.2. The number of halogens is 3. The average molecular weight is 310 g/mol. The Morgan fingerprint density at radius 2 is 2.00 bits per heavy atom. The van der Waals surface area contributed by atoms with Crippen molar-refractivity contribution in [3.8, 4) is 0 Å². The van der Waals surface area contributed by atoms with Crippen LogP contribution in [0, 0.1) is 12.3 Å². The van der Waals surface area contributed by atoms with Crippen LogP contribution in [0.3, 0.4) is 0 Å². The van der Waals surface area contributed by atoms with E-state index in [9.17, 15) is 21.6 Å². The first-order valence-electron chi connectivity index (χ1n) is 5.30. The number of benzene rings is 1. The van der Waals surface area contributed by atoms with Crippen LogP contribution in [-0.2, 0) is 10.2 Å². The van der Waals surface area contributed by atoms with Gasteiger partial charge in [-0.2, -0.15) is 26.3 Å². The zero-order valence-corrected chi connectivity index (χ0v) is 11.2. The minimum atomic E-state index is -4.66. The van der Waals surface area contributed by atoms with Gasteiger partial charge in [0.05, 0.1) is 5.69 Å². The third-order valence-electron chi connectivity index (χ3n) is 2.25. The second-order valence-corrected chi connectivity index (χ2v) is 5.45. The quantitative estimate of drug-likeness (QED) is 0.483. The Hall–Kier alpha value is -1.81. The number of nitrogen functional groups attached to an aromatic ring is 1. The molecule has 0 unspecified atom stereocenters. The van der Waals surface area contributed by atoms with E-state index in [1.54, 1.807) is 13.0 Å². The lowest BCUT2D eigenvalue weighted by molar-refractivity contribution is -0.121. The third-order valence-corrected chi connectivity index (χ3v) is 3.26. The molecule has 0 aliphatic heterocycles. The molecule has 0 atom stereocenters. The fourth-order valence-electron chi connectivity index (χ4n) is 1.47. The van der Waals surface area contributed by atoms with Crippen LogP contribution in [-0.4, -0.2) is 27.0 Å². The summed E-state index contributed by atoms with van der Waals surface area (Å²) in [6.45, 7) is -0.0960. The van der Waals surface area contributed by atoms with E-state index >= 15 is 0 Å². The minimum absolute atomic E-state index is 0.0628. The number of rotatable bonds is 5. The van der Waals surface area contributed by atoms with Crippen LogP contribution in [0.2, 0.25) is 0 Å². The van der Waals surface area contributed by atoms with E-state index in [1.165, 1.54) is 16.9 Å². The van der Waals surface area contributed by atoms with Gasteiger partial charge in [-0.15, -0.1) is 0 Å². The first kappa shape index (κ1) is 16.2. The van der Waals surface area contributed by atoms with E-state index in [0.717, 1.165) is 0 Å². The van der Waals surface area contributed by atoms with Gasteiger partial charge in [-0.25, -0.2) is 0 Å².